The molecule has 0 bridgehead atoms. The summed E-state index contributed by atoms with van der Waals surface area (Å²) in [6.45, 7) is 4.41. The Kier molecular flexibility index (Phi) is 1.68. The summed E-state index contributed by atoms with van der Waals surface area (Å²) in [5, 5.41) is 2.06. The lowest BCUT2D eigenvalue weighted by molar-refractivity contribution is 0.603. The number of hydrogen-bond donors (Lipinski definition) is 0. The van der Waals surface area contributed by atoms with Crippen molar-refractivity contribution in [3.8, 4) is 0 Å². The molecule has 1 aliphatic rings. The zero-order valence-corrected chi connectivity index (χ0v) is 7.36. The number of hydrogen-bond acceptors (Lipinski definition) is 2. The van der Waals surface area contributed by atoms with E-state index in [1.165, 1.54) is 0 Å². The topological polar surface area (TPSA) is 25.8 Å². The molecular formula is C10H12N2. The van der Waals surface area contributed by atoms with E-state index in [-0.39, 0.29) is 0 Å². The summed E-state index contributed by atoms with van der Waals surface area (Å²) >= 11 is 0. The van der Waals surface area contributed by atoms with Crippen LogP contribution in [0.25, 0.3) is 12.2 Å². The molecular weight excluding hydrogens is 148 g/mol. The summed E-state index contributed by atoms with van der Waals surface area (Å²) in [5.41, 5.74) is 0. The first-order valence-electron chi connectivity index (χ1n) is 4.28. The maximum Gasteiger partial charge on any atom is 0.0846 e. The molecule has 0 saturated heterocycles. The molecule has 0 spiro atoms. The van der Waals surface area contributed by atoms with Gasteiger partial charge in [0.1, 0.15) is 0 Å². The summed E-state index contributed by atoms with van der Waals surface area (Å²) in [5.74, 6) is 1.16. The smallest absolute Gasteiger partial charge is 0.0846 e. The Labute approximate surface area is 71.7 Å². The molecule has 2 atom stereocenters. The van der Waals surface area contributed by atoms with Crippen molar-refractivity contribution >= 4 is 12.2 Å². The van der Waals surface area contributed by atoms with E-state index in [2.05, 4.69) is 36.0 Å². The summed E-state index contributed by atoms with van der Waals surface area (Å²) in [4.78, 5) is 8.51. The second kappa shape index (κ2) is 2.70. The molecule has 2 nitrogen and oxygen atoms in total. The lowest BCUT2D eigenvalue weighted by atomic mass is 9.92. The predicted molar refractivity (Wildman–Crippen MR) is 48.5 cm³/mol. The first kappa shape index (κ1) is 7.47. The van der Waals surface area contributed by atoms with Crippen molar-refractivity contribution in [3.63, 3.8) is 0 Å². The first-order valence-corrected chi connectivity index (χ1v) is 4.28. The molecule has 1 aliphatic carbocycles. The second-order valence-corrected chi connectivity index (χ2v) is 3.38. The van der Waals surface area contributed by atoms with E-state index >= 15 is 0 Å². The molecule has 0 radical (unpaired) electrons. The van der Waals surface area contributed by atoms with E-state index in [9.17, 15) is 0 Å². The Morgan fingerprint density at radius 2 is 1.33 bits per heavy atom. The first-order chi connectivity index (χ1) is 5.77. The van der Waals surface area contributed by atoms with E-state index in [4.69, 9.17) is 0 Å². The van der Waals surface area contributed by atoms with Crippen LogP contribution in [0.2, 0.25) is 0 Å². The number of rotatable bonds is 0. The zero-order chi connectivity index (χ0) is 8.55. The van der Waals surface area contributed by atoms with Crippen LogP contribution in [0, 0.1) is 11.8 Å². The molecule has 62 valence electrons. The highest BCUT2D eigenvalue weighted by Gasteiger charge is 2.10. The van der Waals surface area contributed by atoms with Gasteiger partial charge in [0.15, 0.2) is 0 Å². The zero-order valence-electron chi connectivity index (χ0n) is 7.36. The predicted octanol–water partition coefficient (Wildman–Crippen LogP) is 0.323. The molecule has 1 aromatic rings. The van der Waals surface area contributed by atoms with Crippen molar-refractivity contribution in [3.05, 3.63) is 23.1 Å². The normalized spacial score (nSPS) is 26.8. The van der Waals surface area contributed by atoms with Crippen molar-refractivity contribution < 1.29 is 0 Å². The molecule has 0 aliphatic heterocycles. The molecule has 0 fully saturated rings. The molecule has 0 amide bonds. The minimum absolute atomic E-state index is 0.578. The number of aromatic nitrogens is 2. The van der Waals surface area contributed by atoms with Crippen LogP contribution in [0.5, 0.6) is 0 Å². The Morgan fingerprint density at radius 3 is 1.75 bits per heavy atom. The monoisotopic (exact) mass is 160 g/mol. The van der Waals surface area contributed by atoms with Gasteiger partial charge in [0, 0.05) is 12.4 Å². The third-order valence-electron chi connectivity index (χ3n) is 2.43. The van der Waals surface area contributed by atoms with Crippen molar-refractivity contribution in [2.75, 3.05) is 0 Å². The summed E-state index contributed by atoms with van der Waals surface area (Å²) < 4.78 is 0. The van der Waals surface area contributed by atoms with Crippen LogP contribution in [-0.2, 0) is 0 Å². The number of nitrogens with zero attached hydrogens (tertiary/aromatic N) is 2. The van der Waals surface area contributed by atoms with Crippen molar-refractivity contribution in [2.24, 2.45) is 11.8 Å². The Balaban J connectivity index is 2.70. The van der Waals surface area contributed by atoms with E-state index in [0.29, 0.717) is 11.8 Å². The van der Waals surface area contributed by atoms with Crippen LogP contribution in [0.1, 0.15) is 13.8 Å². The molecule has 1 aromatic heterocycles. The molecule has 0 saturated carbocycles. The van der Waals surface area contributed by atoms with Gasteiger partial charge in [0.25, 0.3) is 0 Å². The number of fused-ring (bicyclic) bond motifs is 1. The van der Waals surface area contributed by atoms with Crippen molar-refractivity contribution in [2.45, 2.75) is 13.8 Å². The molecule has 0 N–H and O–H groups in total. The largest absolute Gasteiger partial charge is 0.253 e. The Bertz CT molecular complexity index is 356. The van der Waals surface area contributed by atoms with E-state index in [1.54, 1.807) is 12.4 Å². The van der Waals surface area contributed by atoms with Gasteiger partial charge < -0.3 is 0 Å². The van der Waals surface area contributed by atoms with Crippen LogP contribution in [-0.4, -0.2) is 9.97 Å². The average molecular weight is 160 g/mol. The van der Waals surface area contributed by atoms with Crippen molar-refractivity contribution in [1.82, 2.24) is 9.97 Å². The van der Waals surface area contributed by atoms with Crippen LogP contribution < -0.4 is 10.7 Å². The molecule has 0 aromatic carbocycles. The summed E-state index contributed by atoms with van der Waals surface area (Å²) in [6.07, 6.45) is 7.86. The van der Waals surface area contributed by atoms with Gasteiger partial charge in [-0.2, -0.15) is 0 Å². The standard InChI is InChI=1S/C10H12N2/c1-7-5-9-10(6-8(7)2)12-4-3-11-9/h3-8H,1-2H3. The van der Waals surface area contributed by atoms with E-state index in [0.717, 1.165) is 10.7 Å². The quantitative estimate of drug-likeness (QED) is 0.546. The van der Waals surface area contributed by atoms with Gasteiger partial charge in [-0.1, -0.05) is 26.0 Å². The minimum atomic E-state index is 0.578. The third kappa shape index (κ3) is 1.13. The average Bonchev–Trinajstić information content (AvgIpc) is 2.07. The third-order valence-corrected chi connectivity index (χ3v) is 2.43. The second-order valence-electron chi connectivity index (χ2n) is 3.38. The van der Waals surface area contributed by atoms with Gasteiger partial charge in [-0.25, -0.2) is 0 Å². The lowest BCUT2D eigenvalue weighted by Crippen LogP contribution is -2.36. The van der Waals surface area contributed by atoms with Crippen LogP contribution >= 0.6 is 0 Å². The Hall–Kier alpha value is -1.18. The van der Waals surface area contributed by atoms with E-state index < -0.39 is 0 Å². The fourth-order valence-electron chi connectivity index (χ4n) is 1.42. The maximum atomic E-state index is 4.25. The molecule has 2 heteroatoms. The Morgan fingerprint density at radius 1 is 0.917 bits per heavy atom. The van der Waals surface area contributed by atoms with Gasteiger partial charge in [0.2, 0.25) is 0 Å². The summed E-state index contributed by atoms with van der Waals surface area (Å²) in [6, 6.07) is 0. The highest BCUT2D eigenvalue weighted by atomic mass is 14.8. The fourth-order valence-corrected chi connectivity index (χ4v) is 1.42. The van der Waals surface area contributed by atoms with Crippen LogP contribution in [0.4, 0.5) is 0 Å². The highest BCUT2D eigenvalue weighted by Crippen LogP contribution is 2.14. The van der Waals surface area contributed by atoms with E-state index in [1.807, 2.05) is 0 Å². The molecule has 1 heterocycles. The van der Waals surface area contributed by atoms with Gasteiger partial charge in [-0.15, -0.1) is 0 Å². The molecule has 2 unspecified atom stereocenters. The van der Waals surface area contributed by atoms with Crippen molar-refractivity contribution in [1.29, 1.82) is 0 Å². The molecule has 12 heavy (non-hydrogen) atoms. The molecule has 2 rings (SSSR count). The van der Waals surface area contributed by atoms with Crippen LogP contribution in [0.3, 0.4) is 0 Å². The van der Waals surface area contributed by atoms with Gasteiger partial charge in [-0.3, -0.25) is 9.97 Å². The fraction of sp³-hybridized carbons (Fsp3) is 0.400. The van der Waals surface area contributed by atoms with Gasteiger partial charge >= 0.3 is 0 Å². The van der Waals surface area contributed by atoms with Gasteiger partial charge in [0.05, 0.1) is 10.7 Å². The van der Waals surface area contributed by atoms with Gasteiger partial charge in [-0.05, 0) is 11.8 Å². The lowest BCUT2D eigenvalue weighted by Gasteiger charge is -2.14. The highest BCUT2D eigenvalue weighted by molar-refractivity contribution is 5.37. The minimum Gasteiger partial charge on any atom is -0.253 e. The van der Waals surface area contributed by atoms with Crippen LogP contribution in [0.15, 0.2) is 12.4 Å². The summed E-state index contributed by atoms with van der Waals surface area (Å²) in [7, 11) is 0. The maximum absolute atomic E-state index is 4.25. The SMILES string of the molecule is CC1C=c2nccnc2=CC1C.